The van der Waals surface area contributed by atoms with Gasteiger partial charge in [0.1, 0.15) is 0 Å². The molecule has 0 spiro atoms. The van der Waals surface area contributed by atoms with Gasteiger partial charge in [-0.3, -0.25) is 9.59 Å². The number of hydrogen-bond donors (Lipinski definition) is 1. The molecule has 0 aliphatic heterocycles. The Balaban J connectivity index is 4.74. The fourth-order valence-corrected chi connectivity index (χ4v) is 0.939. The van der Waals surface area contributed by atoms with E-state index in [0.29, 0.717) is 0 Å². The quantitative estimate of drug-likeness (QED) is 0.688. The molecular formula is C11H20O3. The fourth-order valence-electron chi connectivity index (χ4n) is 0.939. The molecule has 1 N–H and O–H groups in total. The zero-order valence-electron chi connectivity index (χ0n) is 9.84. The van der Waals surface area contributed by atoms with E-state index in [2.05, 4.69) is 0 Å². The number of hydrogen-bond acceptors (Lipinski definition) is 3. The van der Waals surface area contributed by atoms with Crippen molar-refractivity contribution in [3.63, 3.8) is 0 Å². The SMILES string of the molecule is CC(C)(C)C(=O)C(O)C(=O)C(C)(C)C. The van der Waals surface area contributed by atoms with Gasteiger partial charge < -0.3 is 5.11 Å². The maximum absolute atomic E-state index is 11.6. The molecule has 82 valence electrons. The van der Waals surface area contributed by atoms with E-state index in [0.717, 1.165) is 0 Å². The van der Waals surface area contributed by atoms with Gasteiger partial charge in [0, 0.05) is 10.8 Å². The first-order chi connectivity index (χ1) is 5.98. The highest BCUT2D eigenvalue weighted by Crippen LogP contribution is 2.23. The van der Waals surface area contributed by atoms with E-state index >= 15 is 0 Å². The first-order valence-corrected chi connectivity index (χ1v) is 4.74. The summed E-state index contributed by atoms with van der Waals surface area (Å²) in [6.07, 6.45) is -1.49. The minimum Gasteiger partial charge on any atom is -0.378 e. The molecule has 0 aliphatic rings. The van der Waals surface area contributed by atoms with E-state index in [4.69, 9.17) is 0 Å². The van der Waals surface area contributed by atoms with Gasteiger partial charge in [-0.2, -0.15) is 0 Å². The first-order valence-electron chi connectivity index (χ1n) is 4.74. The summed E-state index contributed by atoms with van der Waals surface area (Å²) in [5, 5.41) is 9.56. The van der Waals surface area contributed by atoms with Crippen LogP contribution in [0.15, 0.2) is 0 Å². The predicted octanol–water partition coefficient (Wildman–Crippen LogP) is 1.58. The van der Waals surface area contributed by atoms with Gasteiger partial charge >= 0.3 is 0 Å². The number of carbonyl (C=O) groups excluding carboxylic acids is 2. The first kappa shape index (κ1) is 13.3. The lowest BCUT2D eigenvalue weighted by Gasteiger charge is -2.25. The molecule has 0 saturated heterocycles. The van der Waals surface area contributed by atoms with E-state index in [9.17, 15) is 14.7 Å². The van der Waals surface area contributed by atoms with Crippen LogP contribution in [0.3, 0.4) is 0 Å². The Morgan fingerprint density at radius 2 is 1.07 bits per heavy atom. The highest BCUT2D eigenvalue weighted by molar-refractivity contribution is 6.08. The van der Waals surface area contributed by atoms with Crippen LogP contribution in [-0.4, -0.2) is 22.8 Å². The van der Waals surface area contributed by atoms with Crippen molar-refractivity contribution in [3.8, 4) is 0 Å². The fraction of sp³-hybridized carbons (Fsp3) is 0.818. The van der Waals surface area contributed by atoms with Crippen LogP contribution in [0.4, 0.5) is 0 Å². The number of Topliss-reactive ketones (excluding diaryl/α,β-unsaturated/α-hetero) is 2. The van der Waals surface area contributed by atoms with Crippen LogP contribution in [0.1, 0.15) is 41.5 Å². The zero-order valence-corrected chi connectivity index (χ0v) is 9.84. The lowest BCUT2D eigenvalue weighted by Crippen LogP contribution is -2.43. The van der Waals surface area contributed by atoms with Crippen molar-refractivity contribution in [2.24, 2.45) is 10.8 Å². The molecule has 0 saturated carbocycles. The van der Waals surface area contributed by atoms with Gasteiger partial charge in [0.25, 0.3) is 0 Å². The molecule has 0 amide bonds. The Bertz CT molecular complexity index is 214. The number of ketones is 2. The van der Waals surface area contributed by atoms with Gasteiger partial charge in [-0.15, -0.1) is 0 Å². The second kappa shape index (κ2) is 3.81. The van der Waals surface area contributed by atoms with E-state index in [-0.39, 0.29) is 0 Å². The number of carbonyl (C=O) groups is 2. The Morgan fingerprint density at radius 3 is 1.21 bits per heavy atom. The molecule has 0 radical (unpaired) electrons. The second-order valence-corrected chi connectivity index (χ2v) is 5.63. The molecule has 0 bridgehead atoms. The smallest absolute Gasteiger partial charge is 0.174 e. The Kier molecular flexibility index (Phi) is 3.62. The molecular weight excluding hydrogens is 180 g/mol. The van der Waals surface area contributed by atoms with Crippen molar-refractivity contribution in [3.05, 3.63) is 0 Å². The summed E-state index contributed by atoms with van der Waals surface area (Å²) in [4.78, 5) is 23.2. The maximum Gasteiger partial charge on any atom is 0.174 e. The topological polar surface area (TPSA) is 54.4 Å². The van der Waals surface area contributed by atoms with Gasteiger partial charge in [0.2, 0.25) is 0 Å². The number of rotatable bonds is 2. The monoisotopic (exact) mass is 200 g/mol. The molecule has 0 atom stereocenters. The normalized spacial score (nSPS) is 13.1. The van der Waals surface area contributed by atoms with Crippen LogP contribution in [0.5, 0.6) is 0 Å². The molecule has 0 aromatic heterocycles. The summed E-state index contributed by atoms with van der Waals surface area (Å²) in [5.74, 6) is -0.838. The van der Waals surface area contributed by atoms with Crippen LogP contribution >= 0.6 is 0 Å². The minimum atomic E-state index is -1.49. The predicted molar refractivity (Wildman–Crippen MR) is 54.9 cm³/mol. The Hall–Kier alpha value is -0.700. The minimum absolute atomic E-state index is 0.419. The Morgan fingerprint density at radius 1 is 0.857 bits per heavy atom. The van der Waals surface area contributed by atoms with Gasteiger partial charge in [0.05, 0.1) is 0 Å². The average Bonchev–Trinajstić information content (AvgIpc) is 1.97. The highest BCUT2D eigenvalue weighted by atomic mass is 16.3. The van der Waals surface area contributed by atoms with Gasteiger partial charge in [0.15, 0.2) is 17.7 Å². The van der Waals surface area contributed by atoms with Gasteiger partial charge in [-0.1, -0.05) is 41.5 Å². The van der Waals surface area contributed by atoms with Crippen LogP contribution in [-0.2, 0) is 9.59 Å². The summed E-state index contributed by atoms with van der Waals surface area (Å²) >= 11 is 0. The maximum atomic E-state index is 11.6. The van der Waals surface area contributed by atoms with E-state index in [1.807, 2.05) is 0 Å². The third kappa shape index (κ3) is 3.22. The van der Waals surface area contributed by atoms with Crippen molar-refractivity contribution < 1.29 is 14.7 Å². The zero-order chi connectivity index (χ0) is 11.7. The van der Waals surface area contributed by atoms with Crippen LogP contribution < -0.4 is 0 Å². The summed E-state index contributed by atoms with van der Waals surface area (Å²) in [7, 11) is 0. The van der Waals surface area contributed by atoms with E-state index in [1.54, 1.807) is 41.5 Å². The van der Waals surface area contributed by atoms with E-state index in [1.165, 1.54) is 0 Å². The number of aliphatic hydroxyl groups is 1. The molecule has 0 aliphatic carbocycles. The van der Waals surface area contributed by atoms with Crippen molar-refractivity contribution in [2.75, 3.05) is 0 Å². The van der Waals surface area contributed by atoms with Crippen LogP contribution in [0, 0.1) is 10.8 Å². The summed E-state index contributed by atoms with van der Waals surface area (Å²) < 4.78 is 0. The van der Waals surface area contributed by atoms with E-state index < -0.39 is 28.5 Å². The van der Waals surface area contributed by atoms with Gasteiger partial charge in [-0.05, 0) is 0 Å². The van der Waals surface area contributed by atoms with Crippen molar-refractivity contribution in [2.45, 2.75) is 47.6 Å². The lowest BCUT2D eigenvalue weighted by molar-refractivity contribution is -0.147. The number of aliphatic hydroxyl groups excluding tert-OH is 1. The molecule has 3 heteroatoms. The second-order valence-electron chi connectivity index (χ2n) is 5.63. The molecule has 0 fully saturated rings. The average molecular weight is 200 g/mol. The Labute approximate surface area is 85.5 Å². The van der Waals surface area contributed by atoms with Crippen molar-refractivity contribution in [1.29, 1.82) is 0 Å². The molecule has 14 heavy (non-hydrogen) atoms. The van der Waals surface area contributed by atoms with Crippen molar-refractivity contribution >= 4 is 11.6 Å². The summed E-state index contributed by atoms with van der Waals surface area (Å²) in [6.45, 7) is 10.1. The lowest BCUT2D eigenvalue weighted by atomic mass is 9.80. The molecule has 3 nitrogen and oxygen atoms in total. The van der Waals surface area contributed by atoms with Crippen LogP contribution in [0.25, 0.3) is 0 Å². The standard InChI is InChI=1S/C11H20O3/c1-10(2,3)8(13)7(12)9(14)11(4,5)6/h7,12H,1-6H3. The van der Waals surface area contributed by atoms with Crippen LogP contribution in [0.2, 0.25) is 0 Å². The van der Waals surface area contributed by atoms with Gasteiger partial charge in [-0.25, -0.2) is 0 Å². The highest BCUT2D eigenvalue weighted by Gasteiger charge is 2.37. The molecule has 0 rings (SSSR count). The molecule has 0 unspecified atom stereocenters. The molecule has 0 aromatic rings. The summed E-state index contributed by atoms with van der Waals surface area (Å²) in [6, 6.07) is 0. The third-order valence-corrected chi connectivity index (χ3v) is 1.98. The molecule has 0 aromatic carbocycles. The largest absolute Gasteiger partial charge is 0.378 e. The molecule has 0 heterocycles. The summed E-state index contributed by atoms with van der Waals surface area (Å²) in [5.41, 5.74) is -1.36. The van der Waals surface area contributed by atoms with Crippen molar-refractivity contribution in [1.82, 2.24) is 0 Å². The third-order valence-electron chi connectivity index (χ3n) is 1.98.